The molecule has 0 unspecified atom stereocenters. The van der Waals surface area contributed by atoms with Crippen LogP contribution in [0.5, 0.6) is 0 Å². The first-order valence-corrected chi connectivity index (χ1v) is 19.2. The van der Waals surface area contributed by atoms with Gasteiger partial charge >= 0.3 is 0 Å². The maximum absolute atomic E-state index is 2.59. The molecule has 4 fully saturated rings. The van der Waals surface area contributed by atoms with Crippen molar-refractivity contribution < 1.29 is 0 Å². The van der Waals surface area contributed by atoms with Gasteiger partial charge in [-0.2, -0.15) is 0 Å². The molecule has 49 heavy (non-hydrogen) atoms. The quantitative estimate of drug-likeness (QED) is 0.164. The van der Waals surface area contributed by atoms with E-state index in [2.05, 4.69) is 133 Å². The van der Waals surface area contributed by atoms with E-state index in [1.807, 2.05) is 11.3 Å². The van der Waals surface area contributed by atoms with Gasteiger partial charge in [0.25, 0.3) is 0 Å². The van der Waals surface area contributed by atoms with E-state index in [1.165, 1.54) is 107 Å². The van der Waals surface area contributed by atoms with E-state index >= 15 is 0 Å². The first kappa shape index (κ1) is 27.1. The molecule has 0 radical (unpaired) electrons. The molecule has 8 aromatic rings. The molecule has 7 aromatic carbocycles. The van der Waals surface area contributed by atoms with E-state index in [9.17, 15) is 0 Å². The molecule has 234 valence electrons. The Labute approximate surface area is 291 Å². The monoisotopic (exact) mass is 644 g/mol. The molecule has 0 amide bonds. The minimum atomic E-state index is 0.205. The van der Waals surface area contributed by atoms with Crippen molar-refractivity contribution in [3.8, 4) is 33.4 Å². The highest BCUT2D eigenvalue weighted by molar-refractivity contribution is 7.25. The fraction of sp³-hybridized carbons (Fsp3) is 0.208. The van der Waals surface area contributed by atoms with Gasteiger partial charge in [0, 0.05) is 25.6 Å². The van der Waals surface area contributed by atoms with Crippen LogP contribution in [0.15, 0.2) is 133 Å². The zero-order valence-electron chi connectivity index (χ0n) is 27.5. The lowest BCUT2D eigenvalue weighted by atomic mass is 9.43. The third kappa shape index (κ3) is 3.49. The molecule has 5 aliphatic carbocycles. The van der Waals surface area contributed by atoms with Gasteiger partial charge in [-0.1, -0.05) is 115 Å². The van der Waals surface area contributed by atoms with Crippen LogP contribution in [0.4, 0.5) is 0 Å². The first-order valence-electron chi connectivity index (χ1n) is 18.4. The average molecular weight is 645 g/mol. The van der Waals surface area contributed by atoms with Crippen molar-refractivity contribution in [2.45, 2.75) is 37.5 Å². The topological polar surface area (TPSA) is 0 Å². The fourth-order valence-corrected chi connectivity index (χ4v) is 13.1. The number of hydrogen-bond acceptors (Lipinski definition) is 1. The predicted molar refractivity (Wildman–Crippen MR) is 208 cm³/mol. The van der Waals surface area contributed by atoms with Gasteiger partial charge in [-0.05, 0) is 140 Å². The average Bonchev–Trinajstić information content (AvgIpc) is 3.65. The zero-order chi connectivity index (χ0) is 31.8. The minimum Gasteiger partial charge on any atom is -0.135 e. The Bertz CT molecular complexity index is 2600. The summed E-state index contributed by atoms with van der Waals surface area (Å²) in [5.74, 6) is 3.49. The smallest absolute Gasteiger partial charge is 0.0361 e. The molecule has 0 N–H and O–H groups in total. The zero-order valence-corrected chi connectivity index (χ0v) is 28.3. The molecule has 0 saturated heterocycles. The van der Waals surface area contributed by atoms with E-state index in [0.717, 1.165) is 23.7 Å². The maximum Gasteiger partial charge on any atom is 0.0361 e. The fourth-order valence-electron chi connectivity index (χ4n) is 11.9. The highest BCUT2D eigenvalue weighted by Gasteiger charge is 2.61. The number of rotatable bonds is 2. The molecular formula is C48H36S. The van der Waals surface area contributed by atoms with Gasteiger partial charge in [0.2, 0.25) is 0 Å². The molecular weight excluding hydrogens is 609 g/mol. The van der Waals surface area contributed by atoms with Crippen LogP contribution in [0.3, 0.4) is 0 Å². The normalized spacial score (nSPS) is 24.8. The highest BCUT2D eigenvalue weighted by atomic mass is 32.1. The van der Waals surface area contributed by atoms with Crippen molar-refractivity contribution in [1.82, 2.24) is 0 Å². The summed E-state index contributed by atoms with van der Waals surface area (Å²) in [5, 5.41) is 8.04. The largest absolute Gasteiger partial charge is 0.135 e. The second-order valence-electron chi connectivity index (χ2n) is 15.6. The van der Waals surface area contributed by atoms with Crippen molar-refractivity contribution in [3.05, 3.63) is 145 Å². The summed E-state index contributed by atoms with van der Waals surface area (Å²) >= 11 is 1.90. The summed E-state index contributed by atoms with van der Waals surface area (Å²) in [6.45, 7) is 0. The van der Waals surface area contributed by atoms with Crippen LogP contribution < -0.4 is 0 Å². The SMILES string of the molecule is c1ccc2c(c1)-c1cc(-c3c4ccccc4c(-c4ccc5c(c4)sc4ccccc45)c4ccccc34)ccc1C21C2CC3CC(C2)CC1C3. The molecule has 4 saturated carbocycles. The molecule has 0 nitrogen and oxygen atoms in total. The van der Waals surface area contributed by atoms with Crippen molar-refractivity contribution in [3.63, 3.8) is 0 Å². The van der Waals surface area contributed by atoms with Crippen molar-refractivity contribution >= 4 is 53.1 Å². The molecule has 1 spiro atoms. The Morgan fingerprint density at radius 2 is 0.918 bits per heavy atom. The number of benzene rings is 7. The Morgan fingerprint density at radius 1 is 0.408 bits per heavy atom. The van der Waals surface area contributed by atoms with Gasteiger partial charge in [0.1, 0.15) is 0 Å². The summed E-state index contributed by atoms with van der Waals surface area (Å²) in [7, 11) is 0. The van der Waals surface area contributed by atoms with E-state index in [0.29, 0.717) is 0 Å². The lowest BCUT2D eigenvalue weighted by molar-refractivity contribution is -0.0399. The maximum atomic E-state index is 2.59. The van der Waals surface area contributed by atoms with Crippen LogP contribution in [0.2, 0.25) is 0 Å². The van der Waals surface area contributed by atoms with Crippen LogP contribution in [0.1, 0.15) is 43.2 Å². The van der Waals surface area contributed by atoms with Crippen LogP contribution in [-0.4, -0.2) is 0 Å². The third-order valence-corrected chi connectivity index (χ3v) is 14.6. The number of hydrogen-bond donors (Lipinski definition) is 0. The highest BCUT2D eigenvalue weighted by Crippen LogP contribution is 2.69. The second kappa shape index (κ2) is 9.71. The lowest BCUT2D eigenvalue weighted by Crippen LogP contribution is -2.55. The summed E-state index contributed by atoms with van der Waals surface area (Å²) in [5.41, 5.74) is 11.8. The van der Waals surface area contributed by atoms with Gasteiger partial charge in [0.15, 0.2) is 0 Å². The molecule has 0 aliphatic heterocycles. The Morgan fingerprint density at radius 3 is 1.59 bits per heavy atom. The first-order chi connectivity index (χ1) is 24.3. The molecule has 4 bridgehead atoms. The molecule has 0 atom stereocenters. The molecule has 13 rings (SSSR count). The van der Waals surface area contributed by atoms with Crippen molar-refractivity contribution in [1.29, 1.82) is 0 Å². The molecule has 1 heterocycles. The summed E-state index contributed by atoms with van der Waals surface area (Å²) in [4.78, 5) is 0. The lowest BCUT2D eigenvalue weighted by Gasteiger charge is -2.61. The van der Waals surface area contributed by atoms with Gasteiger partial charge in [-0.3, -0.25) is 0 Å². The summed E-state index contributed by atoms with van der Waals surface area (Å²) < 4.78 is 2.71. The minimum absolute atomic E-state index is 0.205. The number of fused-ring (bicyclic) bond motifs is 8. The Hall–Kier alpha value is -4.72. The van der Waals surface area contributed by atoms with Gasteiger partial charge in [0.05, 0.1) is 0 Å². The van der Waals surface area contributed by atoms with Gasteiger partial charge < -0.3 is 0 Å². The van der Waals surface area contributed by atoms with E-state index < -0.39 is 0 Å². The van der Waals surface area contributed by atoms with Gasteiger partial charge in [-0.25, -0.2) is 0 Å². The summed E-state index contributed by atoms with van der Waals surface area (Å²) in [6.07, 6.45) is 7.18. The Balaban J connectivity index is 1.10. The Kier molecular flexibility index (Phi) is 5.38. The predicted octanol–water partition coefficient (Wildman–Crippen LogP) is 13.4. The second-order valence-corrected chi connectivity index (χ2v) is 16.7. The van der Waals surface area contributed by atoms with Gasteiger partial charge in [-0.15, -0.1) is 11.3 Å². The van der Waals surface area contributed by atoms with Crippen LogP contribution >= 0.6 is 11.3 Å². The summed E-state index contributed by atoms with van der Waals surface area (Å²) in [6, 6.07) is 51.5. The van der Waals surface area contributed by atoms with Crippen LogP contribution in [0, 0.1) is 23.7 Å². The van der Waals surface area contributed by atoms with Crippen molar-refractivity contribution in [2.24, 2.45) is 23.7 Å². The van der Waals surface area contributed by atoms with E-state index in [-0.39, 0.29) is 5.41 Å². The van der Waals surface area contributed by atoms with Crippen molar-refractivity contribution in [2.75, 3.05) is 0 Å². The number of thiophene rings is 1. The van der Waals surface area contributed by atoms with E-state index in [1.54, 1.807) is 11.1 Å². The third-order valence-electron chi connectivity index (χ3n) is 13.4. The van der Waals surface area contributed by atoms with Crippen LogP contribution in [-0.2, 0) is 5.41 Å². The molecule has 5 aliphatic rings. The van der Waals surface area contributed by atoms with E-state index in [4.69, 9.17) is 0 Å². The van der Waals surface area contributed by atoms with Crippen LogP contribution in [0.25, 0.3) is 75.1 Å². The standard InChI is InChI=1S/C48H36S/c1-3-13-39-37(11-1)46(38-12-2-4-14-40(38)47(39)31-17-19-36-35-10-6-8-16-44(35)49-45(36)27-31)30-18-20-43-41(26-30)34-9-5-7-15-42(34)48(43)32-22-28-21-29(24-32)25-33(48)23-28/h1-20,26-29,32-33H,21-25H2. The molecule has 1 aromatic heterocycles. The molecule has 1 heteroatoms.